The number of hydrogen-bond acceptors (Lipinski definition) is 4. The van der Waals surface area contributed by atoms with Gasteiger partial charge in [0.25, 0.3) is 0 Å². The predicted octanol–water partition coefficient (Wildman–Crippen LogP) is 6.36. The lowest BCUT2D eigenvalue weighted by molar-refractivity contribution is 0.0694. The van der Waals surface area contributed by atoms with Crippen LogP contribution in [-0.4, -0.2) is 25.9 Å². The number of carbonyl (C=O) groups is 1. The third kappa shape index (κ3) is 5.48. The fraction of sp³-hybridized carbons (Fsp3) is 0.310. The first-order chi connectivity index (χ1) is 16.5. The molecule has 3 rings (SSSR count). The lowest BCUT2D eigenvalue weighted by atomic mass is 9.81. The number of aromatic carboxylic acids is 1. The minimum Gasteiger partial charge on any atom is -0.508 e. The molecule has 6 heteroatoms. The third-order valence-corrected chi connectivity index (χ3v) is 6.64. The van der Waals surface area contributed by atoms with Crippen LogP contribution in [-0.2, 0) is 0 Å². The highest BCUT2D eigenvalue weighted by Crippen LogP contribution is 2.39. The van der Waals surface area contributed by atoms with Gasteiger partial charge in [-0.1, -0.05) is 45.6 Å². The summed E-state index contributed by atoms with van der Waals surface area (Å²) < 4.78 is 1.91. The highest BCUT2D eigenvalue weighted by Gasteiger charge is 2.25. The summed E-state index contributed by atoms with van der Waals surface area (Å²) in [5.41, 5.74) is 3.06. The molecule has 2 atom stereocenters. The van der Waals surface area contributed by atoms with E-state index in [4.69, 9.17) is 0 Å². The van der Waals surface area contributed by atoms with Gasteiger partial charge >= 0.3 is 5.97 Å². The molecule has 1 aromatic heterocycles. The summed E-state index contributed by atoms with van der Waals surface area (Å²) in [5.74, 6) is -0.819. The quantitative estimate of drug-likeness (QED) is 0.386. The Morgan fingerprint density at radius 2 is 1.86 bits per heavy atom. The van der Waals surface area contributed by atoms with Crippen LogP contribution in [0.5, 0.6) is 5.75 Å². The Balaban J connectivity index is 2.32. The van der Waals surface area contributed by atoms with E-state index in [9.17, 15) is 24.9 Å². The van der Waals surface area contributed by atoms with E-state index in [1.807, 2.05) is 24.5 Å². The number of allylic oxidation sites excluding steroid dienone is 6. The minimum atomic E-state index is -1.25. The maximum Gasteiger partial charge on any atom is 0.341 e. The second-order valence-corrected chi connectivity index (χ2v) is 9.26. The Bertz CT molecular complexity index is 1280. The minimum absolute atomic E-state index is 0.0207. The maximum atomic E-state index is 12.8. The molecule has 184 valence electrons. The van der Waals surface area contributed by atoms with E-state index >= 15 is 0 Å². The Morgan fingerprint density at radius 3 is 2.37 bits per heavy atom. The van der Waals surface area contributed by atoms with Gasteiger partial charge in [-0.25, -0.2) is 4.79 Å². The SMILES string of the molecule is C=C(/C(=C(\C)c1cc(=O)c(C(=O)O)cn1[C@@H](CC)C(C)C)C1C=CC(O)=CC1)c1ccc(O)cc1. The molecule has 35 heavy (non-hydrogen) atoms. The summed E-state index contributed by atoms with van der Waals surface area (Å²) in [7, 11) is 0. The van der Waals surface area contributed by atoms with E-state index in [1.54, 1.807) is 36.4 Å². The van der Waals surface area contributed by atoms with E-state index in [0.717, 1.165) is 28.7 Å². The molecule has 0 fully saturated rings. The summed E-state index contributed by atoms with van der Waals surface area (Å²) in [6, 6.07) is 8.16. The number of aliphatic hydroxyl groups is 1. The van der Waals surface area contributed by atoms with E-state index < -0.39 is 11.4 Å². The average Bonchev–Trinajstić information content (AvgIpc) is 2.81. The molecule has 1 unspecified atom stereocenters. The van der Waals surface area contributed by atoms with Gasteiger partial charge in [0.05, 0.1) is 0 Å². The molecule has 0 bridgehead atoms. The molecule has 1 aromatic carbocycles. The summed E-state index contributed by atoms with van der Waals surface area (Å²) in [6.07, 6.45) is 8.06. The largest absolute Gasteiger partial charge is 0.508 e. The van der Waals surface area contributed by atoms with Crippen molar-refractivity contribution in [2.24, 2.45) is 11.8 Å². The third-order valence-electron chi connectivity index (χ3n) is 6.64. The molecule has 0 saturated carbocycles. The number of pyridine rings is 1. The number of rotatable bonds is 8. The number of nitrogens with zero attached hydrogens (tertiary/aromatic N) is 1. The lowest BCUT2D eigenvalue weighted by Gasteiger charge is -2.29. The molecule has 2 aromatic rings. The zero-order chi connectivity index (χ0) is 25.9. The number of aromatic hydroxyl groups is 1. The van der Waals surface area contributed by atoms with Gasteiger partial charge in [-0.15, -0.1) is 0 Å². The second-order valence-electron chi connectivity index (χ2n) is 9.26. The molecule has 1 heterocycles. The fourth-order valence-corrected chi connectivity index (χ4v) is 4.78. The van der Waals surface area contributed by atoms with Gasteiger partial charge in [-0.3, -0.25) is 4.79 Å². The molecule has 0 amide bonds. The van der Waals surface area contributed by atoms with E-state index in [-0.39, 0.29) is 34.9 Å². The van der Waals surface area contributed by atoms with Gasteiger partial charge in [-0.05, 0) is 72.3 Å². The van der Waals surface area contributed by atoms with Crippen LogP contribution in [0.1, 0.15) is 68.2 Å². The zero-order valence-corrected chi connectivity index (χ0v) is 20.7. The van der Waals surface area contributed by atoms with Gasteiger partial charge in [0.1, 0.15) is 17.1 Å². The molecular weight excluding hydrogens is 442 g/mol. The summed E-state index contributed by atoms with van der Waals surface area (Å²) in [6.45, 7) is 12.5. The lowest BCUT2D eigenvalue weighted by Crippen LogP contribution is -2.25. The van der Waals surface area contributed by atoms with Gasteiger partial charge in [0.15, 0.2) is 5.43 Å². The van der Waals surface area contributed by atoms with E-state index in [2.05, 4.69) is 20.4 Å². The maximum absolute atomic E-state index is 12.8. The first kappa shape index (κ1) is 25.8. The van der Waals surface area contributed by atoms with E-state index in [1.165, 1.54) is 12.3 Å². The molecule has 3 N–H and O–H groups in total. The Morgan fingerprint density at radius 1 is 1.20 bits per heavy atom. The summed E-state index contributed by atoms with van der Waals surface area (Å²) in [4.78, 5) is 24.6. The van der Waals surface area contributed by atoms with Crippen molar-refractivity contribution >= 4 is 17.1 Å². The number of phenols is 1. The highest BCUT2D eigenvalue weighted by atomic mass is 16.4. The average molecular weight is 476 g/mol. The summed E-state index contributed by atoms with van der Waals surface area (Å²) >= 11 is 0. The van der Waals surface area contributed by atoms with Gasteiger partial charge in [0, 0.05) is 29.9 Å². The number of benzene rings is 1. The van der Waals surface area contributed by atoms with Crippen molar-refractivity contribution in [3.63, 3.8) is 0 Å². The highest BCUT2D eigenvalue weighted by molar-refractivity contribution is 5.90. The number of hydrogen-bond donors (Lipinski definition) is 3. The van der Waals surface area contributed by atoms with Crippen LogP contribution in [0.25, 0.3) is 11.1 Å². The molecule has 1 aliphatic carbocycles. The van der Waals surface area contributed by atoms with Crippen LogP contribution in [0.4, 0.5) is 0 Å². The summed E-state index contributed by atoms with van der Waals surface area (Å²) in [5, 5.41) is 29.2. The standard InChI is InChI=1S/C29H33NO5/c1-6-25(17(2)3)30-16-24(29(34)35)27(33)15-26(30)19(5)28(21-9-13-23(32)14-10-21)18(4)20-7-11-22(31)12-8-20/h7-9,11-17,21,25,31-32H,4,6,10H2,1-3,5H3,(H,34,35)/b28-19-/t21?,25-/m0/s1. The molecule has 1 aliphatic rings. The molecule has 0 radical (unpaired) electrons. The Hall–Kier alpha value is -3.80. The number of phenolic OH excluding ortho intramolecular Hbond substituents is 1. The van der Waals surface area contributed by atoms with Crippen LogP contribution in [0.3, 0.4) is 0 Å². The van der Waals surface area contributed by atoms with Crippen molar-refractivity contribution in [3.05, 3.63) is 99.7 Å². The predicted molar refractivity (Wildman–Crippen MR) is 140 cm³/mol. The number of aromatic nitrogens is 1. The van der Waals surface area contributed by atoms with Gasteiger partial charge in [-0.2, -0.15) is 0 Å². The first-order valence-corrected chi connectivity index (χ1v) is 11.8. The molecular formula is C29H33NO5. The molecule has 0 spiro atoms. The van der Waals surface area contributed by atoms with Crippen molar-refractivity contribution in [2.45, 2.75) is 46.6 Å². The van der Waals surface area contributed by atoms with Crippen molar-refractivity contribution in [3.8, 4) is 5.75 Å². The molecule has 6 nitrogen and oxygen atoms in total. The number of carboxylic acids is 1. The van der Waals surface area contributed by atoms with Crippen LogP contribution >= 0.6 is 0 Å². The van der Waals surface area contributed by atoms with E-state index in [0.29, 0.717) is 12.1 Å². The van der Waals surface area contributed by atoms with Gasteiger partial charge < -0.3 is 19.9 Å². The normalized spacial score (nSPS) is 17.1. The van der Waals surface area contributed by atoms with Crippen LogP contribution in [0.2, 0.25) is 0 Å². The fourth-order valence-electron chi connectivity index (χ4n) is 4.78. The van der Waals surface area contributed by atoms with Crippen molar-refractivity contribution in [1.29, 1.82) is 0 Å². The van der Waals surface area contributed by atoms with Crippen molar-refractivity contribution in [1.82, 2.24) is 4.57 Å². The monoisotopic (exact) mass is 475 g/mol. The van der Waals surface area contributed by atoms with Crippen molar-refractivity contribution < 1.29 is 20.1 Å². The zero-order valence-electron chi connectivity index (χ0n) is 20.7. The Kier molecular flexibility index (Phi) is 7.85. The number of aliphatic hydroxyl groups excluding tert-OH is 1. The van der Waals surface area contributed by atoms with Crippen molar-refractivity contribution in [2.75, 3.05) is 0 Å². The van der Waals surface area contributed by atoms with Crippen LogP contribution in [0, 0.1) is 11.8 Å². The number of carboxylic acid groups (broad SMARTS) is 1. The smallest absolute Gasteiger partial charge is 0.341 e. The van der Waals surface area contributed by atoms with Crippen LogP contribution < -0.4 is 5.43 Å². The van der Waals surface area contributed by atoms with Gasteiger partial charge in [0.2, 0.25) is 0 Å². The van der Waals surface area contributed by atoms with Crippen LogP contribution in [0.15, 0.2) is 77.5 Å². The first-order valence-electron chi connectivity index (χ1n) is 11.8. The topological polar surface area (TPSA) is 99.8 Å². The molecule has 0 saturated heterocycles. The second kappa shape index (κ2) is 10.6. The molecule has 0 aliphatic heterocycles. The Labute approximate surface area is 205 Å².